The fraction of sp³-hybridized carbons (Fsp3) is 0.556. The number of halogens is 1. The highest BCUT2D eigenvalue weighted by molar-refractivity contribution is 9.11. The van der Waals surface area contributed by atoms with Gasteiger partial charge >= 0.3 is 0 Å². The number of aliphatic hydroxyl groups excluding tert-OH is 1. The highest BCUT2D eigenvalue weighted by Gasteiger charge is 1.98. The van der Waals surface area contributed by atoms with E-state index in [9.17, 15) is 0 Å². The number of allylic oxidation sites excluding steroid dienone is 4. The topological polar surface area (TPSA) is 20.2 Å². The van der Waals surface area contributed by atoms with Crippen LogP contribution in [-0.4, -0.2) is 5.11 Å². The van der Waals surface area contributed by atoms with Gasteiger partial charge in [0.05, 0.1) is 4.48 Å². The molecule has 0 aliphatic carbocycles. The monoisotopic (exact) mass is 218 g/mol. The van der Waals surface area contributed by atoms with Crippen LogP contribution < -0.4 is 0 Å². The maximum Gasteiger partial charge on any atom is 0.103 e. The van der Waals surface area contributed by atoms with E-state index in [-0.39, 0.29) is 0 Å². The van der Waals surface area contributed by atoms with Gasteiger partial charge in [0.2, 0.25) is 0 Å². The molecule has 0 bridgehead atoms. The van der Waals surface area contributed by atoms with Crippen molar-refractivity contribution in [3.63, 3.8) is 0 Å². The SMILES string of the molecule is C/C(=C/C(Br)=C(\C)O)C(C)C. The first-order chi connectivity index (χ1) is 4.95. The van der Waals surface area contributed by atoms with Gasteiger partial charge in [-0.05, 0) is 41.8 Å². The summed E-state index contributed by atoms with van der Waals surface area (Å²) in [5.41, 5.74) is 1.25. The van der Waals surface area contributed by atoms with Gasteiger partial charge in [-0.1, -0.05) is 19.4 Å². The molecule has 1 nitrogen and oxygen atoms in total. The Hall–Kier alpha value is -0.240. The summed E-state index contributed by atoms with van der Waals surface area (Å²) in [6, 6.07) is 0. The first kappa shape index (κ1) is 10.8. The summed E-state index contributed by atoms with van der Waals surface area (Å²) < 4.78 is 0.767. The summed E-state index contributed by atoms with van der Waals surface area (Å²) >= 11 is 3.26. The summed E-state index contributed by atoms with van der Waals surface area (Å²) in [5, 5.41) is 9.04. The van der Waals surface area contributed by atoms with E-state index in [4.69, 9.17) is 5.11 Å². The van der Waals surface area contributed by atoms with Gasteiger partial charge in [0.1, 0.15) is 5.76 Å². The van der Waals surface area contributed by atoms with Gasteiger partial charge in [0.25, 0.3) is 0 Å². The largest absolute Gasteiger partial charge is 0.511 e. The second-order valence-corrected chi connectivity index (χ2v) is 3.83. The second kappa shape index (κ2) is 4.60. The molecule has 0 aliphatic heterocycles. The third kappa shape index (κ3) is 4.25. The molecule has 0 unspecified atom stereocenters. The lowest BCUT2D eigenvalue weighted by Crippen LogP contribution is -1.88. The molecule has 0 rings (SSSR count). The van der Waals surface area contributed by atoms with Gasteiger partial charge in [-0.2, -0.15) is 0 Å². The molecule has 0 spiro atoms. The minimum absolute atomic E-state index is 0.324. The first-order valence-corrected chi connectivity index (χ1v) is 4.48. The Morgan fingerprint density at radius 3 is 2.09 bits per heavy atom. The Morgan fingerprint density at radius 2 is 1.82 bits per heavy atom. The summed E-state index contributed by atoms with van der Waals surface area (Å²) in [5.74, 6) is 0.854. The molecule has 0 saturated heterocycles. The molecular weight excluding hydrogens is 204 g/mol. The van der Waals surface area contributed by atoms with E-state index in [0.717, 1.165) is 4.48 Å². The summed E-state index contributed by atoms with van der Waals surface area (Å²) in [4.78, 5) is 0. The van der Waals surface area contributed by atoms with Crippen molar-refractivity contribution in [2.75, 3.05) is 0 Å². The van der Waals surface area contributed by atoms with E-state index >= 15 is 0 Å². The molecule has 2 heteroatoms. The van der Waals surface area contributed by atoms with Crippen LogP contribution in [0.2, 0.25) is 0 Å². The van der Waals surface area contributed by atoms with Gasteiger partial charge in [-0.15, -0.1) is 0 Å². The Bertz CT molecular complexity index is 186. The smallest absolute Gasteiger partial charge is 0.103 e. The van der Waals surface area contributed by atoms with Gasteiger partial charge in [0.15, 0.2) is 0 Å². The molecule has 0 aromatic carbocycles. The Kier molecular flexibility index (Phi) is 4.50. The quantitative estimate of drug-likeness (QED) is 0.553. The third-order valence-electron chi connectivity index (χ3n) is 1.61. The van der Waals surface area contributed by atoms with Crippen LogP contribution in [-0.2, 0) is 0 Å². The van der Waals surface area contributed by atoms with Crippen LogP contribution in [0, 0.1) is 5.92 Å². The minimum atomic E-state index is 0.324. The maximum absolute atomic E-state index is 9.04. The lowest BCUT2D eigenvalue weighted by molar-refractivity contribution is 0.413. The fourth-order valence-electron chi connectivity index (χ4n) is 0.471. The molecule has 64 valence electrons. The van der Waals surface area contributed by atoms with E-state index in [1.54, 1.807) is 6.92 Å². The molecule has 0 heterocycles. The Labute approximate surface area is 76.9 Å². The van der Waals surface area contributed by atoms with Crippen molar-refractivity contribution in [3.05, 3.63) is 21.9 Å². The lowest BCUT2D eigenvalue weighted by Gasteiger charge is -2.04. The summed E-state index contributed by atoms with van der Waals surface area (Å²) in [6.07, 6.45) is 1.94. The number of hydrogen-bond acceptors (Lipinski definition) is 1. The van der Waals surface area contributed by atoms with Crippen LogP contribution in [0.3, 0.4) is 0 Å². The molecule has 1 N–H and O–H groups in total. The fourth-order valence-corrected chi connectivity index (χ4v) is 0.832. The number of aliphatic hydroxyl groups is 1. The summed E-state index contributed by atoms with van der Waals surface area (Å²) in [6.45, 7) is 7.96. The van der Waals surface area contributed by atoms with E-state index in [0.29, 0.717) is 11.7 Å². The average Bonchev–Trinajstić information content (AvgIpc) is 1.87. The number of hydrogen-bond donors (Lipinski definition) is 1. The van der Waals surface area contributed by atoms with Gasteiger partial charge in [0, 0.05) is 0 Å². The van der Waals surface area contributed by atoms with Crippen LogP contribution in [0.25, 0.3) is 0 Å². The first-order valence-electron chi connectivity index (χ1n) is 3.68. The van der Waals surface area contributed by atoms with Crippen LogP contribution in [0.5, 0.6) is 0 Å². The van der Waals surface area contributed by atoms with Crippen LogP contribution in [0.1, 0.15) is 27.7 Å². The zero-order chi connectivity index (χ0) is 9.02. The van der Waals surface area contributed by atoms with E-state index < -0.39 is 0 Å². The third-order valence-corrected chi connectivity index (χ3v) is 2.41. The van der Waals surface area contributed by atoms with E-state index in [1.165, 1.54) is 5.57 Å². The van der Waals surface area contributed by atoms with Crippen molar-refractivity contribution in [2.24, 2.45) is 5.92 Å². The molecule has 11 heavy (non-hydrogen) atoms. The molecule has 0 fully saturated rings. The minimum Gasteiger partial charge on any atom is -0.511 e. The highest BCUT2D eigenvalue weighted by Crippen LogP contribution is 2.17. The van der Waals surface area contributed by atoms with Gasteiger partial charge < -0.3 is 5.11 Å². The highest BCUT2D eigenvalue weighted by atomic mass is 79.9. The number of rotatable bonds is 2. The van der Waals surface area contributed by atoms with Crippen LogP contribution >= 0.6 is 15.9 Å². The van der Waals surface area contributed by atoms with Crippen molar-refractivity contribution in [3.8, 4) is 0 Å². The van der Waals surface area contributed by atoms with Gasteiger partial charge in [-0.3, -0.25) is 0 Å². The lowest BCUT2D eigenvalue weighted by atomic mass is 10.1. The molecule has 0 aromatic rings. The maximum atomic E-state index is 9.04. The predicted octanol–water partition coefficient (Wildman–Crippen LogP) is 3.77. The normalized spacial score (nSPS) is 15.3. The molecule has 0 aliphatic rings. The van der Waals surface area contributed by atoms with Crippen molar-refractivity contribution in [1.82, 2.24) is 0 Å². The average molecular weight is 219 g/mol. The Balaban J connectivity index is 4.44. The van der Waals surface area contributed by atoms with Crippen molar-refractivity contribution in [2.45, 2.75) is 27.7 Å². The molecular formula is C9H15BrO. The van der Waals surface area contributed by atoms with Crippen LogP contribution in [0.4, 0.5) is 0 Å². The standard InChI is InChI=1S/C9H15BrO/c1-6(2)7(3)5-9(10)8(4)11/h5-6,11H,1-4H3/b7-5-,9-8-. The van der Waals surface area contributed by atoms with Crippen LogP contribution in [0.15, 0.2) is 21.9 Å². The van der Waals surface area contributed by atoms with Crippen molar-refractivity contribution in [1.29, 1.82) is 0 Å². The zero-order valence-corrected chi connectivity index (χ0v) is 9.07. The molecule has 0 atom stereocenters. The predicted molar refractivity (Wildman–Crippen MR) is 52.9 cm³/mol. The van der Waals surface area contributed by atoms with E-state index in [1.807, 2.05) is 6.08 Å². The molecule has 0 aromatic heterocycles. The molecule has 0 amide bonds. The molecule has 0 radical (unpaired) electrons. The van der Waals surface area contributed by atoms with Crippen molar-refractivity contribution >= 4 is 15.9 Å². The Morgan fingerprint density at radius 1 is 1.36 bits per heavy atom. The van der Waals surface area contributed by atoms with Crippen molar-refractivity contribution < 1.29 is 5.11 Å². The second-order valence-electron chi connectivity index (χ2n) is 2.98. The zero-order valence-electron chi connectivity index (χ0n) is 7.48. The van der Waals surface area contributed by atoms with E-state index in [2.05, 4.69) is 36.7 Å². The van der Waals surface area contributed by atoms with Gasteiger partial charge in [-0.25, -0.2) is 0 Å². The summed E-state index contributed by atoms with van der Waals surface area (Å²) in [7, 11) is 0. The molecule has 0 saturated carbocycles.